The second-order valence-corrected chi connectivity index (χ2v) is 1.68. The third kappa shape index (κ3) is 2.73. The van der Waals surface area contributed by atoms with Gasteiger partial charge in [-0.1, -0.05) is 5.41 Å². The highest BCUT2D eigenvalue weighted by molar-refractivity contribution is 5.83. The van der Waals surface area contributed by atoms with Crippen LogP contribution in [0.25, 0.3) is 0 Å². The molecule has 66 valence electrons. The van der Waals surface area contributed by atoms with Crippen molar-refractivity contribution in [2.75, 3.05) is 7.05 Å². The van der Waals surface area contributed by atoms with Gasteiger partial charge in [0.25, 0.3) is 0 Å². The van der Waals surface area contributed by atoms with Gasteiger partial charge in [-0.15, -0.1) is 0 Å². The average molecular weight is 174 g/mol. The lowest BCUT2D eigenvalue weighted by atomic mass is 10.5. The summed E-state index contributed by atoms with van der Waals surface area (Å²) < 4.78 is 0. The second-order valence-electron chi connectivity index (χ2n) is 1.68. The first kappa shape index (κ1) is 10.0. The summed E-state index contributed by atoms with van der Waals surface area (Å²) in [6.07, 6.45) is 0.528. The molecule has 0 spiro atoms. The van der Waals surface area contributed by atoms with E-state index < -0.39 is 21.5 Å². The summed E-state index contributed by atoms with van der Waals surface area (Å²) in [4.78, 5) is 18.0. The molecular formula is C4H6N4O4. The number of nitrogens with zero attached hydrogens (tertiary/aromatic N) is 2. The molecule has 0 aliphatic rings. The molecule has 0 fully saturated rings. The van der Waals surface area contributed by atoms with E-state index in [0.717, 1.165) is 0 Å². The highest BCUT2D eigenvalue weighted by atomic mass is 16.6. The zero-order valence-electron chi connectivity index (χ0n) is 6.10. The van der Waals surface area contributed by atoms with Gasteiger partial charge in [0.1, 0.15) is 6.08 Å². The number of rotatable bonds is 3. The summed E-state index contributed by atoms with van der Waals surface area (Å²) in [6, 6.07) is 0. The molecule has 0 aromatic carbocycles. The van der Waals surface area contributed by atoms with Crippen LogP contribution in [0.15, 0.2) is 11.9 Å². The summed E-state index contributed by atoms with van der Waals surface area (Å²) in [5.41, 5.74) is 0. The molecule has 2 N–H and O–H groups in total. The Bertz CT molecular complexity index is 258. The van der Waals surface area contributed by atoms with Gasteiger partial charge >= 0.3 is 11.7 Å². The predicted octanol–water partition coefficient (Wildman–Crippen LogP) is -0.422. The molecule has 0 aliphatic carbocycles. The van der Waals surface area contributed by atoms with Crippen LogP contribution in [0.3, 0.4) is 0 Å². The molecule has 8 nitrogen and oxygen atoms in total. The average Bonchev–Trinajstić information content (AvgIpc) is 1.98. The molecule has 0 saturated carbocycles. The summed E-state index contributed by atoms with van der Waals surface area (Å²) in [5.74, 6) is -1.62. The minimum Gasteiger partial charge on any atom is -0.358 e. The van der Waals surface area contributed by atoms with Gasteiger partial charge < -0.3 is 20.2 Å². The Morgan fingerprint density at radius 1 is 1.42 bits per heavy atom. The summed E-state index contributed by atoms with van der Waals surface area (Å²) in [6.45, 7) is 0. The van der Waals surface area contributed by atoms with Gasteiger partial charge in [-0.2, -0.15) is 0 Å². The maximum Gasteiger partial charge on any atom is 0.364 e. The molecule has 0 unspecified atom stereocenters. The first-order valence-electron chi connectivity index (χ1n) is 2.75. The van der Waals surface area contributed by atoms with Gasteiger partial charge in [0.05, 0.1) is 7.05 Å². The molecule has 0 atom stereocenters. The normalized spacial score (nSPS) is 10.6. The molecule has 12 heavy (non-hydrogen) atoms. The Balaban J connectivity index is 4.61. The lowest BCUT2D eigenvalue weighted by Gasteiger charge is -1.96. The number of hydrogen-bond donors (Lipinski definition) is 2. The number of hydrogen-bond acceptors (Lipinski definition) is 6. The third-order valence-electron chi connectivity index (χ3n) is 0.923. The topological polar surface area (TPSA) is 122 Å². The highest BCUT2D eigenvalue weighted by Gasteiger charge is 2.12. The Hall–Kier alpha value is -1.99. The standard InChI is InChI=1S/C4H6N4O4/c1-6-4(8(11)12)2-3(5)7(9)10/h2,5-6H,1H3/b4-2+,5-3?. The SMILES string of the molecule is CN/C(=C\C(=N)[N+](=O)[O-])[N+](=O)[O-]. The quantitative estimate of drug-likeness (QED) is 0.260. The highest BCUT2D eigenvalue weighted by Crippen LogP contribution is 1.90. The summed E-state index contributed by atoms with van der Waals surface area (Å²) in [7, 11) is 1.24. The van der Waals surface area contributed by atoms with Crippen LogP contribution >= 0.6 is 0 Å². The fourth-order valence-electron chi connectivity index (χ4n) is 0.398. The first-order chi connectivity index (χ1) is 5.49. The van der Waals surface area contributed by atoms with Gasteiger partial charge in [-0.3, -0.25) is 5.32 Å². The molecule has 0 bridgehead atoms. The lowest BCUT2D eigenvalue weighted by Crippen LogP contribution is -2.18. The fraction of sp³-hybridized carbons (Fsp3) is 0.250. The van der Waals surface area contributed by atoms with Crippen LogP contribution in [0.4, 0.5) is 0 Å². The molecule has 0 aliphatic heterocycles. The van der Waals surface area contributed by atoms with Gasteiger partial charge in [0.2, 0.25) is 0 Å². The number of nitrogens with one attached hydrogen (secondary N) is 2. The van der Waals surface area contributed by atoms with Crippen LogP contribution < -0.4 is 5.32 Å². The maximum absolute atomic E-state index is 10.0. The van der Waals surface area contributed by atoms with Crippen molar-refractivity contribution < 1.29 is 9.85 Å². The van der Waals surface area contributed by atoms with E-state index >= 15 is 0 Å². The Morgan fingerprint density at radius 2 is 1.92 bits per heavy atom. The van der Waals surface area contributed by atoms with Crippen molar-refractivity contribution in [3.8, 4) is 0 Å². The van der Waals surface area contributed by atoms with Crippen LogP contribution in [0, 0.1) is 25.6 Å². The van der Waals surface area contributed by atoms with Crippen LogP contribution in [-0.4, -0.2) is 22.7 Å². The van der Waals surface area contributed by atoms with E-state index in [9.17, 15) is 20.2 Å². The van der Waals surface area contributed by atoms with Gasteiger partial charge in [0.15, 0.2) is 0 Å². The molecule has 0 radical (unpaired) electrons. The van der Waals surface area contributed by atoms with Crippen molar-refractivity contribution in [3.63, 3.8) is 0 Å². The smallest absolute Gasteiger partial charge is 0.358 e. The van der Waals surface area contributed by atoms with E-state index in [-0.39, 0.29) is 0 Å². The minimum absolute atomic E-state index is 0.528. The molecule has 0 saturated heterocycles. The van der Waals surface area contributed by atoms with E-state index in [1.54, 1.807) is 0 Å². The van der Waals surface area contributed by atoms with Gasteiger partial charge in [-0.25, -0.2) is 0 Å². The fourth-order valence-corrected chi connectivity index (χ4v) is 0.398. The summed E-state index contributed by atoms with van der Waals surface area (Å²) in [5, 5.41) is 28.7. The molecule has 0 aromatic heterocycles. The predicted molar refractivity (Wildman–Crippen MR) is 38.9 cm³/mol. The van der Waals surface area contributed by atoms with Gasteiger partial charge in [0, 0.05) is 0 Å². The van der Waals surface area contributed by atoms with Crippen LogP contribution in [-0.2, 0) is 0 Å². The molecule has 0 heterocycles. The van der Waals surface area contributed by atoms with Crippen LogP contribution in [0.5, 0.6) is 0 Å². The zero-order valence-corrected chi connectivity index (χ0v) is 6.10. The van der Waals surface area contributed by atoms with E-state index in [1.807, 2.05) is 0 Å². The van der Waals surface area contributed by atoms with E-state index in [0.29, 0.717) is 6.08 Å². The molecule has 0 rings (SSSR count). The number of amidine groups is 1. The van der Waals surface area contributed by atoms with E-state index in [1.165, 1.54) is 7.05 Å². The molecule has 0 aromatic rings. The van der Waals surface area contributed by atoms with Crippen molar-refractivity contribution in [2.45, 2.75) is 0 Å². The second kappa shape index (κ2) is 4.01. The zero-order chi connectivity index (χ0) is 9.72. The van der Waals surface area contributed by atoms with Crippen molar-refractivity contribution in [1.82, 2.24) is 5.32 Å². The molecule has 0 amide bonds. The maximum atomic E-state index is 10.0. The largest absolute Gasteiger partial charge is 0.364 e. The van der Waals surface area contributed by atoms with Crippen LogP contribution in [0.2, 0.25) is 0 Å². The van der Waals surface area contributed by atoms with Gasteiger partial charge in [-0.05, 0) is 9.85 Å². The van der Waals surface area contributed by atoms with Crippen LogP contribution in [0.1, 0.15) is 0 Å². The van der Waals surface area contributed by atoms with Crippen molar-refractivity contribution in [2.24, 2.45) is 0 Å². The van der Waals surface area contributed by atoms with Crippen molar-refractivity contribution in [3.05, 3.63) is 32.1 Å². The molecular weight excluding hydrogens is 168 g/mol. The Morgan fingerprint density at radius 3 is 2.17 bits per heavy atom. The monoisotopic (exact) mass is 174 g/mol. The molecule has 8 heteroatoms. The van der Waals surface area contributed by atoms with E-state index in [4.69, 9.17) is 5.41 Å². The Labute approximate surface area is 66.7 Å². The van der Waals surface area contributed by atoms with Crippen molar-refractivity contribution in [1.29, 1.82) is 5.41 Å². The minimum atomic E-state index is -1.03. The first-order valence-corrected chi connectivity index (χ1v) is 2.75. The van der Waals surface area contributed by atoms with E-state index in [2.05, 4.69) is 5.32 Å². The third-order valence-corrected chi connectivity index (χ3v) is 0.923. The Kier molecular flexibility index (Phi) is 3.34. The summed E-state index contributed by atoms with van der Waals surface area (Å²) >= 11 is 0. The number of nitro groups is 2. The lowest BCUT2D eigenvalue weighted by molar-refractivity contribution is -0.431. The van der Waals surface area contributed by atoms with Crippen molar-refractivity contribution >= 4 is 5.84 Å².